The second kappa shape index (κ2) is 11.0. The Morgan fingerprint density at radius 2 is 1.08 bits per heavy atom. The van der Waals surface area contributed by atoms with Gasteiger partial charge >= 0.3 is 0 Å². The van der Waals surface area contributed by atoms with E-state index >= 15 is 0 Å². The molecule has 3 heteroatoms. The molecular formula is C46H30N2O. The van der Waals surface area contributed by atoms with Gasteiger partial charge in [0, 0.05) is 32.9 Å². The fourth-order valence-electron chi connectivity index (χ4n) is 7.45. The minimum atomic E-state index is 0.875. The van der Waals surface area contributed by atoms with Gasteiger partial charge in [-0.1, -0.05) is 115 Å². The van der Waals surface area contributed by atoms with Gasteiger partial charge in [0.15, 0.2) is 5.58 Å². The van der Waals surface area contributed by atoms with Gasteiger partial charge in [-0.25, -0.2) is 0 Å². The standard InChI is InChI=1S/C46H30N2O/c1-2-14-36(15-3-1)48-42-19-8-6-17-38(42)40-28-33(23-26-43(40)48)32-13-10-12-31(27-32)30-21-24-35(25-22-30)47-41-29-34-11-4-5-16-37(34)45-39-18-7-9-20-44(39)49-46(41)45/h1-29,47H. The van der Waals surface area contributed by atoms with Crippen molar-refractivity contribution in [2.24, 2.45) is 0 Å². The topological polar surface area (TPSA) is 30.1 Å². The van der Waals surface area contributed by atoms with Gasteiger partial charge in [0.25, 0.3) is 0 Å². The quantitative estimate of drug-likeness (QED) is 0.206. The molecule has 0 bridgehead atoms. The molecule has 10 aromatic rings. The first-order chi connectivity index (χ1) is 24.3. The molecule has 0 saturated heterocycles. The number of benzene rings is 8. The molecule has 0 aliphatic rings. The molecule has 0 aliphatic heterocycles. The first-order valence-electron chi connectivity index (χ1n) is 16.7. The Morgan fingerprint density at radius 3 is 1.94 bits per heavy atom. The van der Waals surface area contributed by atoms with Gasteiger partial charge in [0.05, 0.1) is 16.7 Å². The van der Waals surface area contributed by atoms with Crippen molar-refractivity contribution < 1.29 is 4.42 Å². The second-order valence-corrected chi connectivity index (χ2v) is 12.7. The number of nitrogens with one attached hydrogen (secondary N) is 1. The molecule has 8 aromatic carbocycles. The Labute approximate surface area is 283 Å². The molecule has 0 fully saturated rings. The van der Waals surface area contributed by atoms with Crippen molar-refractivity contribution >= 4 is 65.9 Å². The maximum Gasteiger partial charge on any atom is 0.159 e. The smallest absolute Gasteiger partial charge is 0.159 e. The molecule has 0 saturated carbocycles. The molecule has 230 valence electrons. The molecule has 10 rings (SSSR count). The van der Waals surface area contributed by atoms with E-state index in [1.807, 2.05) is 12.1 Å². The molecule has 2 heterocycles. The highest BCUT2D eigenvalue weighted by Crippen LogP contribution is 2.41. The van der Waals surface area contributed by atoms with E-state index in [0.717, 1.165) is 33.3 Å². The van der Waals surface area contributed by atoms with E-state index in [1.54, 1.807) is 0 Å². The van der Waals surface area contributed by atoms with Crippen LogP contribution in [-0.4, -0.2) is 4.57 Å². The van der Waals surface area contributed by atoms with Crippen molar-refractivity contribution in [2.45, 2.75) is 0 Å². The van der Waals surface area contributed by atoms with Crippen molar-refractivity contribution in [2.75, 3.05) is 5.32 Å². The van der Waals surface area contributed by atoms with Crippen LogP contribution in [-0.2, 0) is 0 Å². The van der Waals surface area contributed by atoms with Gasteiger partial charge in [-0.15, -0.1) is 0 Å². The van der Waals surface area contributed by atoms with Crippen molar-refractivity contribution in [1.82, 2.24) is 4.57 Å². The maximum atomic E-state index is 6.42. The number of fused-ring (bicyclic) bond motifs is 8. The Morgan fingerprint density at radius 1 is 0.429 bits per heavy atom. The normalized spacial score (nSPS) is 11.7. The van der Waals surface area contributed by atoms with E-state index in [2.05, 4.69) is 174 Å². The largest absolute Gasteiger partial charge is 0.454 e. The van der Waals surface area contributed by atoms with Crippen molar-refractivity contribution in [3.8, 4) is 27.9 Å². The monoisotopic (exact) mass is 626 g/mol. The molecule has 0 amide bonds. The van der Waals surface area contributed by atoms with E-state index < -0.39 is 0 Å². The summed E-state index contributed by atoms with van der Waals surface area (Å²) in [4.78, 5) is 0. The summed E-state index contributed by atoms with van der Waals surface area (Å²) in [5, 5.41) is 10.8. The summed E-state index contributed by atoms with van der Waals surface area (Å²) >= 11 is 0. The Balaban J connectivity index is 0.998. The van der Waals surface area contributed by atoms with E-state index in [1.165, 1.54) is 60.5 Å². The van der Waals surface area contributed by atoms with Crippen molar-refractivity contribution in [1.29, 1.82) is 0 Å². The maximum absolute atomic E-state index is 6.42. The van der Waals surface area contributed by atoms with Crippen LogP contribution in [0.25, 0.3) is 82.5 Å². The Bertz CT molecular complexity index is 2840. The molecule has 2 aromatic heterocycles. The molecule has 0 radical (unpaired) electrons. The average Bonchev–Trinajstić information content (AvgIpc) is 3.72. The van der Waals surface area contributed by atoms with Crippen LogP contribution in [0.2, 0.25) is 0 Å². The zero-order chi connectivity index (χ0) is 32.3. The number of nitrogens with zero attached hydrogens (tertiary/aromatic N) is 1. The highest BCUT2D eigenvalue weighted by molar-refractivity contribution is 6.22. The molecule has 1 N–H and O–H groups in total. The molecule has 49 heavy (non-hydrogen) atoms. The third-order valence-corrected chi connectivity index (χ3v) is 9.75. The van der Waals surface area contributed by atoms with E-state index in [0.29, 0.717) is 0 Å². The summed E-state index contributed by atoms with van der Waals surface area (Å²) in [7, 11) is 0. The van der Waals surface area contributed by atoms with Crippen LogP contribution in [0.15, 0.2) is 180 Å². The fraction of sp³-hybridized carbons (Fsp3) is 0. The summed E-state index contributed by atoms with van der Waals surface area (Å²) in [6, 6.07) is 62.6. The first kappa shape index (κ1) is 27.5. The molecule has 3 nitrogen and oxygen atoms in total. The third-order valence-electron chi connectivity index (χ3n) is 9.75. The summed E-state index contributed by atoms with van der Waals surface area (Å²) in [5.74, 6) is 0. The molecule has 0 unspecified atom stereocenters. The van der Waals surface area contributed by atoms with Gasteiger partial charge < -0.3 is 14.3 Å². The summed E-state index contributed by atoms with van der Waals surface area (Å²) in [6.07, 6.45) is 0. The zero-order valence-electron chi connectivity index (χ0n) is 26.6. The van der Waals surface area contributed by atoms with Crippen LogP contribution >= 0.6 is 0 Å². The lowest BCUT2D eigenvalue weighted by molar-refractivity contribution is 0.670. The minimum absolute atomic E-state index is 0.875. The van der Waals surface area contributed by atoms with Gasteiger partial charge in [0.1, 0.15) is 5.58 Å². The van der Waals surface area contributed by atoms with Gasteiger partial charge in [-0.2, -0.15) is 0 Å². The number of hydrogen-bond acceptors (Lipinski definition) is 2. The predicted octanol–water partition coefficient (Wildman–Crippen LogP) is 12.9. The molecule has 0 spiro atoms. The number of hydrogen-bond donors (Lipinski definition) is 1. The zero-order valence-corrected chi connectivity index (χ0v) is 26.6. The molecule has 0 aliphatic carbocycles. The summed E-state index contributed by atoms with van der Waals surface area (Å²) < 4.78 is 8.78. The van der Waals surface area contributed by atoms with Crippen molar-refractivity contribution in [3.05, 3.63) is 176 Å². The van der Waals surface area contributed by atoms with Crippen molar-refractivity contribution in [3.63, 3.8) is 0 Å². The number of rotatable bonds is 5. The predicted molar refractivity (Wildman–Crippen MR) is 206 cm³/mol. The average molecular weight is 627 g/mol. The fourth-order valence-corrected chi connectivity index (χ4v) is 7.45. The van der Waals surface area contributed by atoms with Crippen LogP contribution in [0.3, 0.4) is 0 Å². The summed E-state index contributed by atoms with van der Waals surface area (Å²) in [6.45, 7) is 0. The van der Waals surface area contributed by atoms with Crippen LogP contribution in [0, 0.1) is 0 Å². The SMILES string of the molecule is c1ccc(-n2c3ccccc3c3cc(-c4cccc(-c5ccc(Nc6cc7ccccc7c7c6oc6ccccc67)cc5)c4)ccc32)cc1. The van der Waals surface area contributed by atoms with E-state index in [4.69, 9.17) is 4.42 Å². The Hall–Kier alpha value is -6.58. The first-order valence-corrected chi connectivity index (χ1v) is 16.7. The van der Waals surface area contributed by atoms with Crippen LogP contribution < -0.4 is 5.32 Å². The lowest BCUT2D eigenvalue weighted by atomic mass is 9.97. The van der Waals surface area contributed by atoms with Gasteiger partial charge in [0.2, 0.25) is 0 Å². The molecule has 0 atom stereocenters. The Kier molecular flexibility index (Phi) is 6.18. The van der Waals surface area contributed by atoms with Crippen LogP contribution in [0.5, 0.6) is 0 Å². The number of furan rings is 1. The minimum Gasteiger partial charge on any atom is -0.454 e. The second-order valence-electron chi connectivity index (χ2n) is 12.7. The molecular weight excluding hydrogens is 597 g/mol. The third kappa shape index (κ3) is 4.51. The summed E-state index contributed by atoms with van der Waals surface area (Å²) in [5.41, 5.74) is 12.1. The number of para-hydroxylation sites is 3. The lowest BCUT2D eigenvalue weighted by Crippen LogP contribution is -1.92. The van der Waals surface area contributed by atoms with E-state index in [9.17, 15) is 0 Å². The lowest BCUT2D eigenvalue weighted by Gasteiger charge is -2.11. The van der Waals surface area contributed by atoms with Crippen LogP contribution in [0.4, 0.5) is 11.4 Å². The van der Waals surface area contributed by atoms with Gasteiger partial charge in [-0.3, -0.25) is 0 Å². The van der Waals surface area contributed by atoms with E-state index in [-0.39, 0.29) is 0 Å². The highest BCUT2D eigenvalue weighted by Gasteiger charge is 2.16. The highest BCUT2D eigenvalue weighted by atomic mass is 16.3. The number of aromatic nitrogens is 1. The van der Waals surface area contributed by atoms with Crippen LogP contribution in [0.1, 0.15) is 0 Å². The number of anilines is 2. The van der Waals surface area contributed by atoms with Gasteiger partial charge in [-0.05, 0) is 93.7 Å².